The number of aliphatic imine (C=N–C) groups is 1. The van der Waals surface area contributed by atoms with E-state index in [9.17, 15) is 8.78 Å². The summed E-state index contributed by atoms with van der Waals surface area (Å²) in [5.41, 5.74) is 9.49. The number of fused-ring (bicyclic) bond motifs is 1. The maximum absolute atomic E-state index is 14.8. The van der Waals surface area contributed by atoms with Crippen molar-refractivity contribution in [2.45, 2.75) is 40.7 Å². The standard InChI is InChI=1S/C27H33F2N7/c1-15(2)13-36-9-8-22-17(14-36)6-7-23(33-22)34-27-32-12-21(29)26(35-27)18-10-19(24(30)20(28)11-18)25(31-5)16(3)4/h6-7,10-12,15-16H,8-9,13-14,30H2,1-5H3,(H,32,33,34,35). The Labute approximate surface area is 210 Å². The summed E-state index contributed by atoms with van der Waals surface area (Å²) in [4.78, 5) is 19.9. The Hall–Kier alpha value is -3.46. The Kier molecular flexibility index (Phi) is 7.59. The van der Waals surface area contributed by atoms with Gasteiger partial charge in [0.1, 0.15) is 17.3 Å². The third kappa shape index (κ3) is 5.51. The molecule has 3 N–H and O–H groups in total. The molecule has 0 bridgehead atoms. The van der Waals surface area contributed by atoms with Gasteiger partial charge in [-0.05, 0) is 35.6 Å². The highest BCUT2D eigenvalue weighted by atomic mass is 19.1. The molecule has 0 spiro atoms. The predicted molar refractivity (Wildman–Crippen MR) is 140 cm³/mol. The van der Waals surface area contributed by atoms with Gasteiger partial charge < -0.3 is 11.1 Å². The molecule has 0 fully saturated rings. The Bertz CT molecular complexity index is 1290. The van der Waals surface area contributed by atoms with Crippen molar-refractivity contribution in [1.82, 2.24) is 19.9 Å². The summed E-state index contributed by atoms with van der Waals surface area (Å²) in [7, 11) is 1.63. The lowest BCUT2D eigenvalue weighted by atomic mass is 9.95. The fourth-order valence-electron chi connectivity index (χ4n) is 4.62. The van der Waals surface area contributed by atoms with Crippen LogP contribution in [0.4, 0.5) is 26.2 Å². The van der Waals surface area contributed by atoms with Crippen molar-refractivity contribution in [3.63, 3.8) is 0 Å². The predicted octanol–water partition coefficient (Wildman–Crippen LogP) is 5.23. The highest BCUT2D eigenvalue weighted by Gasteiger charge is 2.21. The third-order valence-electron chi connectivity index (χ3n) is 6.20. The third-order valence-corrected chi connectivity index (χ3v) is 6.20. The lowest BCUT2D eigenvalue weighted by Crippen LogP contribution is -2.33. The number of nitrogens with two attached hydrogens (primary N) is 1. The van der Waals surface area contributed by atoms with Gasteiger partial charge >= 0.3 is 0 Å². The number of hydrogen-bond donors (Lipinski definition) is 2. The first-order chi connectivity index (χ1) is 17.2. The molecule has 2 aromatic heterocycles. The van der Waals surface area contributed by atoms with E-state index >= 15 is 0 Å². The van der Waals surface area contributed by atoms with Gasteiger partial charge in [-0.2, -0.15) is 0 Å². The first-order valence-electron chi connectivity index (χ1n) is 12.2. The van der Waals surface area contributed by atoms with Crippen molar-refractivity contribution >= 4 is 23.2 Å². The molecule has 3 aromatic rings. The summed E-state index contributed by atoms with van der Waals surface area (Å²) >= 11 is 0. The Balaban J connectivity index is 1.62. The van der Waals surface area contributed by atoms with Crippen LogP contribution in [0.25, 0.3) is 11.3 Å². The summed E-state index contributed by atoms with van der Waals surface area (Å²) < 4.78 is 29.5. The van der Waals surface area contributed by atoms with Crippen molar-refractivity contribution in [3.05, 3.63) is 58.9 Å². The molecule has 4 rings (SSSR count). The van der Waals surface area contributed by atoms with Gasteiger partial charge in [-0.3, -0.25) is 9.89 Å². The molecule has 0 saturated carbocycles. The molecule has 7 nitrogen and oxygen atoms in total. The molecule has 3 heterocycles. The van der Waals surface area contributed by atoms with E-state index in [1.54, 1.807) is 13.1 Å². The number of benzene rings is 1. The quantitative estimate of drug-likeness (QED) is 0.346. The fraction of sp³-hybridized carbons (Fsp3) is 0.407. The number of halogens is 2. The van der Waals surface area contributed by atoms with Crippen LogP contribution in [0.3, 0.4) is 0 Å². The number of nitrogen functional groups attached to an aromatic ring is 1. The summed E-state index contributed by atoms with van der Waals surface area (Å²) in [5, 5.41) is 3.07. The van der Waals surface area contributed by atoms with Crippen LogP contribution in [0, 0.1) is 23.5 Å². The summed E-state index contributed by atoms with van der Waals surface area (Å²) in [6.45, 7) is 11.2. The normalized spacial score (nSPS) is 14.4. The van der Waals surface area contributed by atoms with E-state index in [1.807, 2.05) is 19.9 Å². The van der Waals surface area contributed by atoms with Crippen LogP contribution in [0.15, 0.2) is 35.5 Å². The van der Waals surface area contributed by atoms with Gasteiger partial charge in [0.2, 0.25) is 5.95 Å². The van der Waals surface area contributed by atoms with Crippen LogP contribution in [-0.2, 0) is 13.0 Å². The average molecular weight is 494 g/mol. The molecule has 0 amide bonds. The smallest absolute Gasteiger partial charge is 0.229 e. The monoisotopic (exact) mass is 493 g/mol. The van der Waals surface area contributed by atoms with Gasteiger partial charge in [0.15, 0.2) is 5.82 Å². The van der Waals surface area contributed by atoms with E-state index in [0.717, 1.165) is 37.9 Å². The molecule has 0 atom stereocenters. The summed E-state index contributed by atoms with van der Waals surface area (Å²) in [6.07, 6.45) is 1.93. The summed E-state index contributed by atoms with van der Waals surface area (Å²) in [6, 6.07) is 6.73. The molecule has 0 saturated heterocycles. The largest absolute Gasteiger partial charge is 0.396 e. The van der Waals surface area contributed by atoms with Crippen LogP contribution >= 0.6 is 0 Å². The number of aromatic nitrogens is 3. The zero-order valence-corrected chi connectivity index (χ0v) is 21.4. The molecule has 1 aliphatic rings. The minimum atomic E-state index is -0.668. The van der Waals surface area contributed by atoms with Crippen molar-refractivity contribution in [1.29, 1.82) is 0 Å². The van der Waals surface area contributed by atoms with Crippen molar-refractivity contribution in [2.24, 2.45) is 16.8 Å². The van der Waals surface area contributed by atoms with Crippen LogP contribution in [0.2, 0.25) is 0 Å². The Morgan fingerprint density at radius 1 is 1.14 bits per heavy atom. The molecular weight excluding hydrogens is 460 g/mol. The second kappa shape index (κ2) is 10.7. The maximum Gasteiger partial charge on any atom is 0.229 e. The molecule has 0 unspecified atom stereocenters. The SMILES string of the molecule is CN=C(c1cc(-c2nc(Nc3ccc4c(n3)CCN(CC(C)C)C4)ncc2F)cc(F)c1N)C(C)C. The van der Waals surface area contributed by atoms with E-state index in [-0.39, 0.29) is 28.8 Å². The number of nitrogens with zero attached hydrogens (tertiary/aromatic N) is 5. The topological polar surface area (TPSA) is 92.3 Å². The molecule has 36 heavy (non-hydrogen) atoms. The van der Waals surface area contributed by atoms with Crippen molar-refractivity contribution in [3.8, 4) is 11.3 Å². The van der Waals surface area contributed by atoms with Gasteiger partial charge in [-0.1, -0.05) is 33.8 Å². The van der Waals surface area contributed by atoms with E-state index in [4.69, 9.17) is 10.7 Å². The van der Waals surface area contributed by atoms with Gasteiger partial charge in [-0.25, -0.2) is 23.7 Å². The van der Waals surface area contributed by atoms with Crippen LogP contribution in [0.5, 0.6) is 0 Å². The van der Waals surface area contributed by atoms with Gasteiger partial charge in [-0.15, -0.1) is 0 Å². The van der Waals surface area contributed by atoms with Crippen LogP contribution in [-0.4, -0.2) is 45.7 Å². The minimum Gasteiger partial charge on any atom is -0.396 e. The molecule has 190 valence electrons. The van der Waals surface area contributed by atoms with E-state index < -0.39 is 11.6 Å². The Morgan fingerprint density at radius 3 is 2.61 bits per heavy atom. The van der Waals surface area contributed by atoms with Crippen molar-refractivity contribution < 1.29 is 8.78 Å². The maximum atomic E-state index is 14.8. The van der Waals surface area contributed by atoms with Crippen LogP contribution in [0.1, 0.15) is 44.5 Å². The first-order valence-corrected chi connectivity index (χ1v) is 12.2. The van der Waals surface area contributed by atoms with Crippen molar-refractivity contribution in [2.75, 3.05) is 31.2 Å². The molecule has 1 aromatic carbocycles. The Morgan fingerprint density at radius 2 is 1.92 bits per heavy atom. The van der Waals surface area contributed by atoms with Gasteiger partial charge in [0, 0.05) is 55.6 Å². The molecule has 1 aliphatic heterocycles. The zero-order valence-electron chi connectivity index (χ0n) is 21.4. The number of rotatable bonds is 7. The van der Waals surface area contributed by atoms with E-state index in [0.29, 0.717) is 23.0 Å². The van der Waals surface area contributed by atoms with Gasteiger partial charge in [0.25, 0.3) is 0 Å². The minimum absolute atomic E-state index is 0.00644. The summed E-state index contributed by atoms with van der Waals surface area (Å²) in [5.74, 6) is 0.0451. The highest BCUT2D eigenvalue weighted by molar-refractivity contribution is 6.06. The molecule has 9 heteroatoms. The fourth-order valence-corrected chi connectivity index (χ4v) is 4.62. The second-order valence-corrected chi connectivity index (χ2v) is 9.88. The van der Waals surface area contributed by atoms with E-state index in [1.165, 1.54) is 11.6 Å². The number of anilines is 3. The molecule has 0 radical (unpaired) electrons. The zero-order chi connectivity index (χ0) is 26.0. The second-order valence-electron chi connectivity index (χ2n) is 9.88. The number of hydrogen-bond acceptors (Lipinski definition) is 7. The lowest BCUT2D eigenvalue weighted by Gasteiger charge is -2.29. The first kappa shape index (κ1) is 25.6. The molecule has 0 aliphatic carbocycles. The molecular formula is C27H33F2N7. The van der Waals surface area contributed by atoms with Gasteiger partial charge in [0.05, 0.1) is 11.9 Å². The van der Waals surface area contributed by atoms with Crippen LogP contribution < -0.4 is 11.1 Å². The number of nitrogens with one attached hydrogen (secondary N) is 1. The highest BCUT2D eigenvalue weighted by Crippen LogP contribution is 2.30. The lowest BCUT2D eigenvalue weighted by molar-refractivity contribution is 0.225. The number of pyridine rings is 1. The average Bonchev–Trinajstić information content (AvgIpc) is 2.83. The van der Waals surface area contributed by atoms with E-state index in [2.05, 4.69) is 45.1 Å².